The molecule has 0 saturated heterocycles. The van der Waals surface area contributed by atoms with E-state index in [9.17, 15) is 9.90 Å². The van der Waals surface area contributed by atoms with E-state index in [0.717, 1.165) is 16.5 Å². The van der Waals surface area contributed by atoms with Crippen molar-refractivity contribution in [2.24, 2.45) is 0 Å². The number of furan rings is 1. The Morgan fingerprint density at radius 3 is 2.32 bits per heavy atom. The summed E-state index contributed by atoms with van der Waals surface area (Å²) < 4.78 is 6.00. The highest BCUT2D eigenvalue weighted by atomic mass is 16.4. The van der Waals surface area contributed by atoms with E-state index in [1.165, 1.54) is 0 Å². The number of nitrogens with one attached hydrogen (secondary N) is 1. The molecule has 0 fully saturated rings. The number of para-hydroxylation sites is 1. The first-order valence-electron chi connectivity index (χ1n) is 9.95. The zero-order chi connectivity index (χ0) is 21.2. The summed E-state index contributed by atoms with van der Waals surface area (Å²) in [5.41, 5.74) is 3.41. The number of nitrogens with zero attached hydrogens (tertiary/aromatic N) is 2. The number of fused-ring (bicyclic) bond motifs is 3. The van der Waals surface area contributed by atoms with Gasteiger partial charge in [-0.3, -0.25) is 0 Å². The van der Waals surface area contributed by atoms with Crippen LogP contribution in [0.5, 0.6) is 0 Å². The van der Waals surface area contributed by atoms with Gasteiger partial charge in [0.05, 0.1) is 12.0 Å². The number of hydrogen-bond donors (Lipinski definition) is 1. The molecule has 0 aliphatic rings. The van der Waals surface area contributed by atoms with Crippen molar-refractivity contribution in [2.45, 2.75) is 12.5 Å². The van der Waals surface area contributed by atoms with E-state index in [2.05, 4.69) is 10.3 Å². The highest BCUT2D eigenvalue weighted by molar-refractivity contribution is 6.06. The summed E-state index contributed by atoms with van der Waals surface area (Å²) in [4.78, 5) is 21.3. The van der Waals surface area contributed by atoms with Gasteiger partial charge >= 0.3 is 0 Å². The van der Waals surface area contributed by atoms with E-state index in [0.29, 0.717) is 28.3 Å². The van der Waals surface area contributed by atoms with Crippen LogP contribution >= 0.6 is 0 Å². The molecule has 31 heavy (non-hydrogen) atoms. The fourth-order valence-corrected chi connectivity index (χ4v) is 3.61. The van der Waals surface area contributed by atoms with Crippen molar-refractivity contribution in [2.75, 3.05) is 5.32 Å². The first-order chi connectivity index (χ1) is 15.2. The quantitative estimate of drug-likeness (QED) is 0.459. The van der Waals surface area contributed by atoms with Gasteiger partial charge in [-0.15, -0.1) is 0 Å². The van der Waals surface area contributed by atoms with Gasteiger partial charge in [-0.05, 0) is 24.1 Å². The molecule has 0 aliphatic heterocycles. The lowest BCUT2D eigenvalue weighted by Gasteiger charge is -2.20. The number of carbonyl (C=O) groups excluding carboxylic acids is 1. The second kappa shape index (κ2) is 7.91. The highest BCUT2D eigenvalue weighted by Crippen LogP contribution is 2.33. The molecule has 5 aromatic rings. The number of carboxylic acids is 1. The molecule has 0 bridgehead atoms. The zero-order valence-corrected chi connectivity index (χ0v) is 16.5. The van der Waals surface area contributed by atoms with Crippen LogP contribution in [0, 0.1) is 0 Å². The van der Waals surface area contributed by atoms with Crippen LogP contribution < -0.4 is 10.4 Å². The second-order valence-corrected chi connectivity index (χ2v) is 7.24. The molecule has 0 radical (unpaired) electrons. The van der Waals surface area contributed by atoms with E-state index >= 15 is 0 Å². The van der Waals surface area contributed by atoms with Crippen molar-refractivity contribution in [3.05, 3.63) is 90.5 Å². The Labute approximate surface area is 178 Å². The summed E-state index contributed by atoms with van der Waals surface area (Å²) in [6.45, 7) is 0. The van der Waals surface area contributed by atoms with E-state index in [4.69, 9.17) is 9.40 Å². The van der Waals surface area contributed by atoms with Crippen LogP contribution in [0.1, 0.15) is 5.56 Å². The van der Waals surface area contributed by atoms with Crippen molar-refractivity contribution in [3.63, 3.8) is 0 Å². The minimum absolute atomic E-state index is 0.246. The molecule has 6 heteroatoms. The van der Waals surface area contributed by atoms with E-state index in [-0.39, 0.29) is 6.42 Å². The lowest BCUT2D eigenvalue weighted by molar-refractivity contribution is -0.306. The first-order valence-corrected chi connectivity index (χ1v) is 9.95. The highest BCUT2D eigenvalue weighted by Gasteiger charge is 2.20. The van der Waals surface area contributed by atoms with Crippen LogP contribution in [0.4, 0.5) is 5.82 Å². The number of benzene rings is 3. The Balaban J connectivity index is 1.64. The summed E-state index contributed by atoms with van der Waals surface area (Å²) in [6, 6.07) is 25.5. The van der Waals surface area contributed by atoms with Gasteiger partial charge in [-0.2, -0.15) is 0 Å². The summed E-state index contributed by atoms with van der Waals surface area (Å²) in [5.74, 6) is -0.405. The van der Waals surface area contributed by atoms with Gasteiger partial charge in [0.25, 0.3) is 0 Å². The zero-order valence-electron chi connectivity index (χ0n) is 16.5. The van der Waals surface area contributed by atoms with Gasteiger partial charge in [-0.1, -0.05) is 72.8 Å². The molecule has 2 aromatic heterocycles. The van der Waals surface area contributed by atoms with Gasteiger partial charge in [0, 0.05) is 10.9 Å². The van der Waals surface area contributed by atoms with Crippen molar-refractivity contribution >= 4 is 33.9 Å². The van der Waals surface area contributed by atoms with Crippen molar-refractivity contribution < 1.29 is 14.3 Å². The topological polar surface area (TPSA) is 91.1 Å². The molecule has 2 heterocycles. The molecule has 0 saturated carbocycles. The predicted molar refractivity (Wildman–Crippen MR) is 117 cm³/mol. The van der Waals surface area contributed by atoms with Crippen LogP contribution in [0.25, 0.3) is 33.5 Å². The summed E-state index contributed by atoms with van der Waals surface area (Å²) in [5, 5.41) is 15.8. The van der Waals surface area contributed by atoms with Gasteiger partial charge in [-0.25, -0.2) is 9.97 Å². The van der Waals surface area contributed by atoms with Crippen molar-refractivity contribution in [1.29, 1.82) is 0 Å². The maximum atomic E-state index is 11.9. The molecule has 5 rings (SSSR count). The van der Waals surface area contributed by atoms with Gasteiger partial charge in [0.1, 0.15) is 11.1 Å². The fraction of sp³-hybridized carbons (Fsp3) is 0.0800. The third kappa shape index (κ3) is 3.71. The van der Waals surface area contributed by atoms with Crippen LogP contribution in [-0.2, 0) is 11.2 Å². The lowest BCUT2D eigenvalue weighted by atomic mass is 10.1. The Bertz CT molecular complexity index is 1360. The lowest BCUT2D eigenvalue weighted by Crippen LogP contribution is -2.42. The SMILES string of the molecule is O=C([O-])[C@H](Cc1ccccc1)Nc1nc(-c2ccccc2)nc2c1oc1ccccc12. The minimum atomic E-state index is -1.21. The van der Waals surface area contributed by atoms with Crippen LogP contribution in [0.2, 0.25) is 0 Å². The number of aliphatic carboxylic acids is 1. The summed E-state index contributed by atoms with van der Waals surface area (Å²) >= 11 is 0. The molecule has 0 unspecified atom stereocenters. The Morgan fingerprint density at radius 2 is 1.58 bits per heavy atom. The standard InChI is InChI=1S/C25H19N3O3/c29-25(30)19(15-16-9-3-1-4-10-16)26-24-22-21(18-13-7-8-14-20(18)31-22)27-23(28-24)17-11-5-2-6-12-17/h1-14,19H,15H2,(H,29,30)(H,26,27,28)/p-1/t19-/m0/s1. The van der Waals surface area contributed by atoms with Crippen LogP contribution in [0.3, 0.4) is 0 Å². The molecular formula is C25H18N3O3-. The Kier molecular flexibility index (Phi) is 4.80. The summed E-state index contributed by atoms with van der Waals surface area (Å²) in [7, 11) is 0. The van der Waals surface area contributed by atoms with Crippen molar-refractivity contribution in [1.82, 2.24) is 9.97 Å². The number of hydrogen-bond acceptors (Lipinski definition) is 6. The van der Waals surface area contributed by atoms with E-state index in [1.807, 2.05) is 84.9 Å². The van der Waals surface area contributed by atoms with Crippen LogP contribution in [0.15, 0.2) is 89.3 Å². The molecule has 1 atom stereocenters. The molecule has 0 spiro atoms. The molecule has 1 N–H and O–H groups in total. The third-order valence-electron chi connectivity index (χ3n) is 5.13. The van der Waals surface area contributed by atoms with Crippen LogP contribution in [-0.4, -0.2) is 22.0 Å². The van der Waals surface area contributed by atoms with Gasteiger partial charge in [0.2, 0.25) is 0 Å². The molecule has 6 nitrogen and oxygen atoms in total. The number of anilines is 1. The maximum Gasteiger partial charge on any atom is 0.196 e. The number of carboxylic acid groups (broad SMARTS) is 1. The van der Waals surface area contributed by atoms with E-state index in [1.54, 1.807) is 0 Å². The normalized spacial score (nSPS) is 12.1. The minimum Gasteiger partial charge on any atom is -0.548 e. The van der Waals surface area contributed by atoms with Gasteiger partial charge < -0.3 is 19.6 Å². The number of carbonyl (C=O) groups is 1. The second-order valence-electron chi connectivity index (χ2n) is 7.24. The predicted octanol–water partition coefficient (Wildman–Crippen LogP) is 3.82. The average molecular weight is 408 g/mol. The largest absolute Gasteiger partial charge is 0.548 e. The first kappa shape index (κ1) is 18.8. The number of rotatable bonds is 6. The number of aromatic nitrogens is 2. The maximum absolute atomic E-state index is 11.9. The van der Waals surface area contributed by atoms with E-state index < -0.39 is 12.0 Å². The Morgan fingerprint density at radius 1 is 0.903 bits per heavy atom. The van der Waals surface area contributed by atoms with Gasteiger partial charge in [0.15, 0.2) is 17.2 Å². The molecule has 0 amide bonds. The molecule has 0 aliphatic carbocycles. The average Bonchev–Trinajstić information content (AvgIpc) is 3.19. The molecule has 152 valence electrons. The summed E-state index contributed by atoms with van der Waals surface area (Å²) in [6.07, 6.45) is 0.246. The monoisotopic (exact) mass is 408 g/mol. The fourth-order valence-electron chi connectivity index (χ4n) is 3.61. The smallest absolute Gasteiger partial charge is 0.196 e. The van der Waals surface area contributed by atoms with Crippen molar-refractivity contribution in [3.8, 4) is 11.4 Å². The molecular weight excluding hydrogens is 390 g/mol. The molecule has 3 aromatic carbocycles. The third-order valence-corrected chi connectivity index (χ3v) is 5.13. The Hall–Kier alpha value is -4.19.